The van der Waals surface area contributed by atoms with Gasteiger partial charge in [0, 0.05) is 10.6 Å². The maximum Gasteiger partial charge on any atom is 0.134 e. The molecule has 0 aromatic heterocycles. The van der Waals surface area contributed by atoms with Gasteiger partial charge in [-0.05, 0) is 36.8 Å². The lowest BCUT2D eigenvalue weighted by molar-refractivity contribution is 0.350. The van der Waals surface area contributed by atoms with Crippen LogP contribution >= 0.6 is 11.8 Å². The SMILES string of the molecule is COc1ccc(CSc2cccc(C)c2)cc1C#CCO. The third-order valence-electron chi connectivity index (χ3n) is 2.96. The van der Waals surface area contributed by atoms with Crippen LogP contribution in [0.3, 0.4) is 0 Å². The fourth-order valence-electron chi connectivity index (χ4n) is 1.95. The van der Waals surface area contributed by atoms with Crippen LogP contribution < -0.4 is 4.74 Å². The highest BCUT2D eigenvalue weighted by molar-refractivity contribution is 7.98. The van der Waals surface area contributed by atoms with E-state index in [0.717, 1.165) is 17.1 Å². The molecule has 0 bridgehead atoms. The quantitative estimate of drug-likeness (QED) is 0.690. The zero-order valence-corrected chi connectivity index (χ0v) is 13.0. The summed E-state index contributed by atoms with van der Waals surface area (Å²) in [5.74, 6) is 7.21. The number of hydrogen-bond acceptors (Lipinski definition) is 3. The summed E-state index contributed by atoms with van der Waals surface area (Å²) >= 11 is 1.80. The molecule has 0 spiro atoms. The molecular weight excluding hydrogens is 280 g/mol. The lowest BCUT2D eigenvalue weighted by Gasteiger charge is -2.07. The minimum atomic E-state index is -0.147. The molecule has 0 amide bonds. The maximum absolute atomic E-state index is 8.82. The van der Waals surface area contributed by atoms with Gasteiger partial charge >= 0.3 is 0 Å². The Morgan fingerprint density at radius 3 is 2.76 bits per heavy atom. The van der Waals surface area contributed by atoms with Crippen molar-refractivity contribution in [3.05, 3.63) is 59.2 Å². The molecule has 2 aromatic rings. The van der Waals surface area contributed by atoms with E-state index in [2.05, 4.69) is 43.0 Å². The molecule has 0 atom stereocenters. The Bertz CT molecular complexity index is 668. The average molecular weight is 298 g/mol. The molecule has 3 heteroatoms. The Balaban J connectivity index is 2.13. The second-order valence-corrected chi connectivity index (χ2v) is 5.65. The smallest absolute Gasteiger partial charge is 0.134 e. The van der Waals surface area contributed by atoms with Gasteiger partial charge in [-0.2, -0.15) is 0 Å². The predicted molar refractivity (Wildman–Crippen MR) is 87.7 cm³/mol. The summed E-state index contributed by atoms with van der Waals surface area (Å²) in [7, 11) is 1.63. The van der Waals surface area contributed by atoms with Crippen molar-refractivity contribution in [3.8, 4) is 17.6 Å². The molecule has 21 heavy (non-hydrogen) atoms. The number of rotatable bonds is 4. The van der Waals surface area contributed by atoms with Crippen molar-refractivity contribution < 1.29 is 9.84 Å². The molecule has 2 nitrogen and oxygen atoms in total. The molecule has 0 fully saturated rings. The van der Waals surface area contributed by atoms with Crippen LogP contribution in [0.4, 0.5) is 0 Å². The number of thioether (sulfide) groups is 1. The molecule has 2 rings (SSSR count). The van der Waals surface area contributed by atoms with Crippen LogP contribution in [-0.2, 0) is 5.75 Å². The number of aliphatic hydroxyl groups is 1. The minimum Gasteiger partial charge on any atom is -0.495 e. The van der Waals surface area contributed by atoms with E-state index < -0.39 is 0 Å². The third kappa shape index (κ3) is 4.56. The summed E-state index contributed by atoms with van der Waals surface area (Å²) in [5.41, 5.74) is 3.27. The first-order chi connectivity index (χ1) is 10.2. The predicted octanol–water partition coefficient (Wildman–Crippen LogP) is 3.64. The Morgan fingerprint density at radius 1 is 1.19 bits per heavy atom. The first-order valence-electron chi connectivity index (χ1n) is 6.69. The van der Waals surface area contributed by atoms with E-state index in [9.17, 15) is 0 Å². The molecule has 1 N–H and O–H groups in total. The van der Waals surface area contributed by atoms with E-state index in [1.807, 2.05) is 18.2 Å². The summed E-state index contributed by atoms with van der Waals surface area (Å²) in [6.45, 7) is 1.95. The van der Waals surface area contributed by atoms with Crippen LogP contribution in [0.1, 0.15) is 16.7 Å². The van der Waals surface area contributed by atoms with Gasteiger partial charge < -0.3 is 9.84 Å². The Labute approximate surface area is 130 Å². The van der Waals surface area contributed by atoms with E-state index in [0.29, 0.717) is 0 Å². The van der Waals surface area contributed by atoms with Crippen molar-refractivity contribution in [2.24, 2.45) is 0 Å². The average Bonchev–Trinajstić information content (AvgIpc) is 2.51. The fraction of sp³-hybridized carbons (Fsp3) is 0.222. The van der Waals surface area contributed by atoms with Crippen LogP contribution in [0.5, 0.6) is 5.75 Å². The minimum absolute atomic E-state index is 0.147. The van der Waals surface area contributed by atoms with Gasteiger partial charge in [-0.25, -0.2) is 0 Å². The van der Waals surface area contributed by atoms with Crippen LogP contribution in [0.25, 0.3) is 0 Å². The topological polar surface area (TPSA) is 29.5 Å². The summed E-state index contributed by atoms with van der Waals surface area (Å²) < 4.78 is 5.28. The monoisotopic (exact) mass is 298 g/mol. The second kappa shape index (κ2) is 7.78. The van der Waals surface area contributed by atoms with Gasteiger partial charge in [0.1, 0.15) is 12.4 Å². The molecule has 0 heterocycles. The standard InChI is InChI=1S/C18H18O2S/c1-14-5-3-7-17(11-14)21-13-15-8-9-18(20-2)16(12-15)6-4-10-19/h3,5,7-9,11-12,19H,10,13H2,1-2H3. The molecule has 0 radical (unpaired) electrons. The third-order valence-corrected chi connectivity index (χ3v) is 4.03. The number of aryl methyl sites for hydroxylation is 1. The van der Waals surface area contributed by atoms with Gasteiger partial charge in [0.2, 0.25) is 0 Å². The maximum atomic E-state index is 8.82. The number of methoxy groups -OCH3 is 1. The van der Waals surface area contributed by atoms with Gasteiger partial charge in [0.05, 0.1) is 12.7 Å². The zero-order chi connectivity index (χ0) is 15.1. The van der Waals surface area contributed by atoms with Crippen LogP contribution in [0, 0.1) is 18.8 Å². The van der Waals surface area contributed by atoms with Crippen molar-refractivity contribution >= 4 is 11.8 Å². The molecule has 0 aliphatic heterocycles. The van der Waals surface area contributed by atoms with Crippen LogP contribution in [0.15, 0.2) is 47.4 Å². The first kappa shape index (κ1) is 15.5. The normalized spacial score (nSPS) is 9.86. The lowest BCUT2D eigenvalue weighted by atomic mass is 10.1. The van der Waals surface area contributed by atoms with E-state index >= 15 is 0 Å². The van der Waals surface area contributed by atoms with Gasteiger partial charge in [-0.3, -0.25) is 0 Å². The summed E-state index contributed by atoms with van der Waals surface area (Å²) in [6.07, 6.45) is 0. The molecule has 108 valence electrons. The van der Waals surface area contributed by atoms with E-state index in [-0.39, 0.29) is 6.61 Å². The molecular formula is C18H18O2S. The van der Waals surface area contributed by atoms with Gasteiger partial charge in [0.25, 0.3) is 0 Å². The largest absolute Gasteiger partial charge is 0.495 e. The van der Waals surface area contributed by atoms with Crippen molar-refractivity contribution in [2.45, 2.75) is 17.6 Å². The van der Waals surface area contributed by atoms with Gasteiger partial charge in [0.15, 0.2) is 0 Å². The number of aliphatic hydroxyl groups excluding tert-OH is 1. The zero-order valence-electron chi connectivity index (χ0n) is 12.2. The van der Waals surface area contributed by atoms with E-state index in [1.165, 1.54) is 16.0 Å². The van der Waals surface area contributed by atoms with Crippen LogP contribution in [0.2, 0.25) is 0 Å². The Kier molecular flexibility index (Phi) is 5.74. The number of benzene rings is 2. The molecule has 0 saturated carbocycles. The molecule has 0 unspecified atom stereocenters. The number of hydrogen-bond donors (Lipinski definition) is 1. The molecule has 0 saturated heterocycles. The highest BCUT2D eigenvalue weighted by atomic mass is 32.2. The van der Waals surface area contributed by atoms with E-state index in [1.54, 1.807) is 18.9 Å². The highest BCUT2D eigenvalue weighted by Gasteiger charge is 2.03. The fourth-order valence-corrected chi connectivity index (χ4v) is 2.91. The molecule has 0 aliphatic carbocycles. The Hall–Kier alpha value is -1.89. The first-order valence-corrected chi connectivity index (χ1v) is 7.67. The van der Waals surface area contributed by atoms with E-state index in [4.69, 9.17) is 9.84 Å². The molecule has 2 aromatic carbocycles. The molecule has 0 aliphatic rings. The van der Waals surface area contributed by atoms with Crippen molar-refractivity contribution in [1.29, 1.82) is 0 Å². The van der Waals surface area contributed by atoms with Gasteiger partial charge in [-0.15, -0.1) is 11.8 Å². The van der Waals surface area contributed by atoms with Crippen LogP contribution in [-0.4, -0.2) is 18.8 Å². The van der Waals surface area contributed by atoms with Crippen molar-refractivity contribution in [2.75, 3.05) is 13.7 Å². The lowest BCUT2D eigenvalue weighted by Crippen LogP contribution is -1.91. The highest BCUT2D eigenvalue weighted by Crippen LogP contribution is 2.26. The summed E-state index contributed by atoms with van der Waals surface area (Å²) in [5, 5.41) is 8.82. The summed E-state index contributed by atoms with van der Waals surface area (Å²) in [6, 6.07) is 14.5. The van der Waals surface area contributed by atoms with Crippen molar-refractivity contribution in [3.63, 3.8) is 0 Å². The van der Waals surface area contributed by atoms with Gasteiger partial charge in [-0.1, -0.05) is 35.6 Å². The second-order valence-electron chi connectivity index (χ2n) is 4.60. The summed E-state index contributed by atoms with van der Waals surface area (Å²) in [4.78, 5) is 1.26. The Morgan fingerprint density at radius 2 is 2.05 bits per heavy atom. The van der Waals surface area contributed by atoms with Crippen molar-refractivity contribution in [1.82, 2.24) is 0 Å². The number of ether oxygens (including phenoxy) is 1.